The summed E-state index contributed by atoms with van der Waals surface area (Å²) in [6.45, 7) is 0.742. The molecule has 2 aliphatic rings. The molecule has 0 spiro atoms. The molecule has 2 saturated heterocycles. The highest BCUT2D eigenvalue weighted by Crippen LogP contribution is 2.29. The number of aromatic nitrogens is 2. The number of rotatable bonds is 5. The van der Waals surface area contributed by atoms with Crippen molar-refractivity contribution in [1.82, 2.24) is 20.4 Å². The van der Waals surface area contributed by atoms with E-state index in [1.54, 1.807) is 0 Å². The first-order valence-corrected chi connectivity index (χ1v) is 8.58. The van der Waals surface area contributed by atoms with Crippen molar-refractivity contribution in [2.45, 2.75) is 56.8 Å². The number of hydrogen-bond donors (Lipinski definition) is 1. The molecule has 2 aromatic rings. The first kappa shape index (κ1) is 17.4. The second-order valence-electron chi connectivity index (χ2n) is 6.94. The highest BCUT2D eigenvalue weighted by Gasteiger charge is 2.35. The van der Waals surface area contributed by atoms with E-state index in [-0.39, 0.29) is 12.4 Å². The van der Waals surface area contributed by atoms with Crippen LogP contribution in [-0.4, -0.2) is 40.2 Å². The molecule has 0 aliphatic carbocycles. The molecule has 5 nitrogen and oxygen atoms in total. The van der Waals surface area contributed by atoms with Crippen molar-refractivity contribution in [2.24, 2.45) is 0 Å². The molecule has 1 aromatic carbocycles. The van der Waals surface area contributed by atoms with Gasteiger partial charge in [-0.15, -0.1) is 12.4 Å². The Bertz CT molecular complexity index is 635. The predicted molar refractivity (Wildman–Crippen MR) is 95.2 cm³/mol. The maximum atomic E-state index is 5.45. The Labute approximate surface area is 149 Å². The third-order valence-electron chi connectivity index (χ3n) is 5.17. The lowest BCUT2D eigenvalue weighted by molar-refractivity contribution is 0.150. The Morgan fingerprint density at radius 3 is 2.58 bits per heavy atom. The zero-order valence-corrected chi connectivity index (χ0v) is 14.8. The van der Waals surface area contributed by atoms with E-state index in [1.807, 2.05) is 18.2 Å². The van der Waals surface area contributed by atoms with Crippen LogP contribution in [0.1, 0.15) is 43.0 Å². The minimum Gasteiger partial charge on any atom is -0.338 e. The number of benzene rings is 1. The van der Waals surface area contributed by atoms with Gasteiger partial charge >= 0.3 is 0 Å². The van der Waals surface area contributed by atoms with Crippen molar-refractivity contribution in [3.63, 3.8) is 0 Å². The molecule has 0 amide bonds. The zero-order valence-electron chi connectivity index (χ0n) is 14.0. The van der Waals surface area contributed by atoms with Crippen molar-refractivity contribution < 1.29 is 4.52 Å². The Kier molecular flexibility index (Phi) is 5.54. The van der Waals surface area contributed by atoms with Crippen LogP contribution in [0.3, 0.4) is 0 Å². The number of nitrogens with one attached hydrogen (secondary N) is 1. The molecule has 0 radical (unpaired) electrons. The predicted octanol–water partition coefficient (Wildman–Crippen LogP) is 2.80. The highest BCUT2D eigenvalue weighted by molar-refractivity contribution is 5.85. The summed E-state index contributed by atoms with van der Waals surface area (Å²) in [7, 11) is 2.18. The van der Waals surface area contributed by atoms with Gasteiger partial charge in [0, 0.05) is 24.5 Å². The third kappa shape index (κ3) is 3.97. The van der Waals surface area contributed by atoms with Gasteiger partial charge in [-0.1, -0.05) is 35.5 Å². The summed E-state index contributed by atoms with van der Waals surface area (Å²) in [6.07, 6.45) is 5.86. The summed E-state index contributed by atoms with van der Waals surface area (Å²) >= 11 is 0. The van der Waals surface area contributed by atoms with E-state index >= 15 is 0 Å². The van der Waals surface area contributed by atoms with Crippen molar-refractivity contribution in [2.75, 3.05) is 7.05 Å². The van der Waals surface area contributed by atoms with Crippen LogP contribution in [0, 0.1) is 0 Å². The first-order valence-electron chi connectivity index (χ1n) is 8.58. The van der Waals surface area contributed by atoms with Crippen LogP contribution in [0.2, 0.25) is 0 Å². The van der Waals surface area contributed by atoms with E-state index in [9.17, 15) is 0 Å². The molecule has 1 N–H and O–H groups in total. The summed E-state index contributed by atoms with van der Waals surface area (Å²) in [5, 5.41) is 7.82. The average Bonchev–Trinajstić information content (AvgIpc) is 3.14. The Morgan fingerprint density at radius 2 is 1.88 bits per heavy atom. The van der Waals surface area contributed by atoms with Gasteiger partial charge in [-0.05, 0) is 38.3 Å². The van der Waals surface area contributed by atoms with Crippen molar-refractivity contribution in [3.8, 4) is 0 Å². The molecule has 1 aromatic heterocycles. The molecule has 6 heteroatoms. The molecule has 2 bridgehead atoms. The lowest BCUT2D eigenvalue weighted by Crippen LogP contribution is -2.46. The van der Waals surface area contributed by atoms with E-state index < -0.39 is 0 Å². The van der Waals surface area contributed by atoms with Crippen LogP contribution >= 0.6 is 12.4 Å². The van der Waals surface area contributed by atoms with E-state index in [2.05, 4.69) is 39.5 Å². The van der Waals surface area contributed by atoms with Crippen LogP contribution in [0.15, 0.2) is 34.9 Å². The van der Waals surface area contributed by atoms with Gasteiger partial charge in [-0.2, -0.15) is 4.98 Å². The highest BCUT2D eigenvalue weighted by atomic mass is 35.5. The van der Waals surface area contributed by atoms with Crippen LogP contribution in [0.5, 0.6) is 0 Å². The maximum Gasteiger partial charge on any atom is 0.240 e. The van der Waals surface area contributed by atoms with Crippen LogP contribution < -0.4 is 5.32 Å². The van der Waals surface area contributed by atoms with Gasteiger partial charge in [-0.25, -0.2) is 0 Å². The van der Waals surface area contributed by atoms with Crippen LogP contribution in [-0.2, 0) is 13.0 Å². The molecule has 3 heterocycles. The number of fused-ring (bicyclic) bond motifs is 2. The van der Waals surface area contributed by atoms with Crippen LogP contribution in [0.25, 0.3) is 0 Å². The molecule has 2 fully saturated rings. The molecule has 130 valence electrons. The smallest absolute Gasteiger partial charge is 0.240 e. The Balaban J connectivity index is 0.00000169. The van der Waals surface area contributed by atoms with Gasteiger partial charge in [0.05, 0.1) is 6.54 Å². The van der Waals surface area contributed by atoms with Gasteiger partial charge in [0.2, 0.25) is 5.89 Å². The molecule has 2 aliphatic heterocycles. The van der Waals surface area contributed by atoms with E-state index in [1.165, 1.54) is 31.2 Å². The van der Waals surface area contributed by atoms with Crippen molar-refractivity contribution >= 4 is 12.4 Å². The normalized spacial score (nSPS) is 25.7. The van der Waals surface area contributed by atoms with E-state index in [4.69, 9.17) is 4.52 Å². The second-order valence-corrected chi connectivity index (χ2v) is 6.94. The van der Waals surface area contributed by atoms with Gasteiger partial charge in [0.25, 0.3) is 0 Å². The average molecular weight is 349 g/mol. The number of piperidine rings is 1. The Hall–Kier alpha value is -1.43. The van der Waals surface area contributed by atoms with E-state index in [0.717, 1.165) is 24.7 Å². The monoisotopic (exact) mass is 348 g/mol. The zero-order chi connectivity index (χ0) is 15.6. The quantitative estimate of drug-likeness (QED) is 0.900. The third-order valence-corrected chi connectivity index (χ3v) is 5.17. The number of halogens is 1. The summed E-state index contributed by atoms with van der Waals surface area (Å²) in [5.41, 5.74) is 1.21. The standard InChI is InChI=1S/C18H24N4O.ClH/c1-22(16-10-14-7-8-15(11-16)19-14)12-18-20-17(21-23-18)9-13-5-3-2-4-6-13;/h2-6,14-16,19H,7-12H2,1H3;1H. The number of nitrogens with zero attached hydrogens (tertiary/aromatic N) is 3. The fourth-order valence-corrected chi connectivity index (χ4v) is 3.93. The van der Waals surface area contributed by atoms with Crippen LogP contribution in [0.4, 0.5) is 0 Å². The fraction of sp³-hybridized carbons (Fsp3) is 0.556. The first-order chi connectivity index (χ1) is 11.3. The molecule has 4 rings (SSSR count). The largest absolute Gasteiger partial charge is 0.338 e. The molecule has 2 atom stereocenters. The summed E-state index contributed by atoms with van der Waals surface area (Å²) in [4.78, 5) is 6.94. The second kappa shape index (κ2) is 7.64. The summed E-state index contributed by atoms with van der Waals surface area (Å²) in [6, 6.07) is 12.3. The SMILES string of the molecule is CN(Cc1nc(Cc2ccccc2)no1)C1CC2CCC(C1)N2.Cl. The molecular formula is C18H25ClN4O. The van der Waals surface area contributed by atoms with Gasteiger partial charge in [0.15, 0.2) is 5.82 Å². The van der Waals surface area contributed by atoms with Gasteiger partial charge in [0.1, 0.15) is 0 Å². The molecule has 2 unspecified atom stereocenters. The topological polar surface area (TPSA) is 54.2 Å². The molecule has 0 saturated carbocycles. The van der Waals surface area contributed by atoms with Crippen molar-refractivity contribution in [3.05, 3.63) is 47.6 Å². The summed E-state index contributed by atoms with van der Waals surface area (Å²) in [5.74, 6) is 1.49. The number of hydrogen-bond acceptors (Lipinski definition) is 5. The molecular weight excluding hydrogens is 324 g/mol. The molecule has 24 heavy (non-hydrogen) atoms. The van der Waals surface area contributed by atoms with Crippen molar-refractivity contribution in [1.29, 1.82) is 0 Å². The maximum absolute atomic E-state index is 5.45. The van der Waals surface area contributed by atoms with Gasteiger partial charge < -0.3 is 9.84 Å². The van der Waals surface area contributed by atoms with Gasteiger partial charge in [-0.3, -0.25) is 4.90 Å². The fourth-order valence-electron chi connectivity index (χ4n) is 3.93. The minimum absolute atomic E-state index is 0. The Morgan fingerprint density at radius 1 is 1.17 bits per heavy atom. The summed E-state index contributed by atoms with van der Waals surface area (Å²) < 4.78 is 5.45. The lowest BCUT2D eigenvalue weighted by Gasteiger charge is -2.34. The van der Waals surface area contributed by atoms with E-state index in [0.29, 0.717) is 18.1 Å². The lowest BCUT2D eigenvalue weighted by atomic mass is 9.98. The minimum atomic E-state index is 0.